The van der Waals surface area contributed by atoms with Crippen LogP contribution in [0, 0.1) is 6.92 Å². The van der Waals surface area contributed by atoms with Crippen molar-refractivity contribution in [3.05, 3.63) is 17.7 Å². The van der Waals surface area contributed by atoms with Crippen LogP contribution in [-0.4, -0.2) is 18.0 Å². The van der Waals surface area contributed by atoms with Gasteiger partial charge in [-0.1, -0.05) is 6.92 Å². The van der Waals surface area contributed by atoms with Gasteiger partial charge >= 0.3 is 0 Å². The molecule has 0 saturated carbocycles. The van der Waals surface area contributed by atoms with Crippen LogP contribution in [-0.2, 0) is 4.79 Å². The number of amides is 1. The lowest BCUT2D eigenvalue weighted by Crippen LogP contribution is -2.44. The Kier molecular flexibility index (Phi) is 4.76. The van der Waals surface area contributed by atoms with Gasteiger partial charge in [-0.15, -0.1) is 0 Å². The van der Waals surface area contributed by atoms with Gasteiger partial charge in [0.15, 0.2) is 0 Å². The van der Waals surface area contributed by atoms with Crippen molar-refractivity contribution in [1.82, 2.24) is 0 Å². The highest BCUT2D eigenvalue weighted by molar-refractivity contribution is 5.94. The minimum atomic E-state index is -0.00348. The summed E-state index contributed by atoms with van der Waals surface area (Å²) >= 11 is 0. The Morgan fingerprint density at radius 3 is 2.52 bits per heavy atom. The fourth-order valence-electron chi connectivity index (χ4n) is 3.24. The van der Waals surface area contributed by atoms with Gasteiger partial charge in [-0.3, -0.25) is 4.79 Å². The van der Waals surface area contributed by atoms with E-state index in [1.807, 2.05) is 19.1 Å². The maximum Gasteiger partial charge on any atom is 0.224 e. The van der Waals surface area contributed by atoms with Crippen LogP contribution in [0.4, 0.5) is 17.1 Å². The van der Waals surface area contributed by atoms with Crippen LogP contribution < -0.4 is 16.0 Å². The molecule has 0 aromatic heterocycles. The van der Waals surface area contributed by atoms with E-state index in [9.17, 15) is 4.79 Å². The lowest BCUT2D eigenvalue weighted by molar-refractivity contribution is -0.115. The summed E-state index contributed by atoms with van der Waals surface area (Å²) in [5, 5.41) is 2.91. The van der Waals surface area contributed by atoms with E-state index in [0.717, 1.165) is 5.69 Å². The average Bonchev–Trinajstić information content (AvgIpc) is 2.43. The van der Waals surface area contributed by atoms with Crippen molar-refractivity contribution in [2.45, 2.75) is 65.5 Å². The summed E-state index contributed by atoms with van der Waals surface area (Å²) in [6.07, 6.45) is 4.17. The Bertz CT molecular complexity index is 517. The molecule has 1 aliphatic heterocycles. The molecule has 116 valence electrons. The molecule has 1 saturated heterocycles. The number of anilines is 3. The van der Waals surface area contributed by atoms with Crippen LogP contribution >= 0.6 is 0 Å². The van der Waals surface area contributed by atoms with E-state index in [1.54, 1.807) is 0 Å². The molecule has 4 heteroatoms. The van der Waals surface area contributed by atoms with Gasteiger partial charge < -0.3 is 16.0 Å². The van der Waals surface area contributed by atoms with Crippen LogP contribution in [0.2, 0.25) is 0 Å². The number of hydrogen-bond donors (Lipinski definition) is 2. The normalized spacial score (nSPS) is 22.2. The highest BCUT2D eigenvalue weighted by atomic mass is 16.1. The van der Waals surface area contributed by atoms with Gasteiger partial charge in [-0.05, 0) is 57.7 Å². The molecule has 0 aliphatic carbocycles. The summed E-state index contributed by atoms with van der Waals surface area (Å²) in [5.74, 6) is -0.00348. The molecule has 2 rings (SSSR count). The van der Waals surface area contributed by atoms with Gasteiger partial charge in [0.05, 0.1) is 11.4 Å². The summed E-state index contributed by atoms with van der Waals surface area (Å²) < 4.78 is 0. The predicted molar refractivity (Wildman–Crippen MR) is 89.8 cm³/mol. The third-order valence-corrected chi connectivity index (χ3v) is 4.43. The monoisotopic (exact) mass is 289 g/mol. The minimum absolute atomic E-state index is 0.00348. The lowest BCUT2D eigenvalue weighted by atomic mass is 9.95. The number of nitrogens with zero attached hydrogens (tertiary/aromatic N) is 1. The highest BCUT2D eigenvalue weighted by Crippen LogP contribution is 2.35. The first kappa shape index (κ1) is 15.7. The smallest absolute Gasteiger partial charge is 0.224 e. The third-order valence-electron chi connectivity index (χ3n) is 4.43. The first-order valence-electron chi connectivity index (χ1n) is 7.92. The Hall–Kier alpha value is -1.71. The number of nitrogens with two attached hydrogens (primary N) is 1. The zero-order valence-corrected chi connectivity index (χ0v) is 13.6. The highest BCUT2D eigenvalue weighted by Gasteiger charge is 2.26. The van der Waals surface area contributed by atoms with Crippen LogP contribution in [0.25, 0.3) is 0 Å². The molecule has 1 aromatic carbocycles. The summed E-state index contributed by atoms with van der Waals surface area (Å²) in [7, 11) is 0. The zero-order valence-electron chi connectivity index (χ0n) is 13.6. The quantitative estimate of drug-likeness (QED) is 0.834. The first-order chi connectivity index (χ1) is 9.93. The molecule has 1 aliphatic rings. The Balaban J connectivity index is 2.38. The number of rotatable bonds is 3. The minimum Gasteiger partial charge on any atom is -0.397 e. The number of aryl methyl sites for hydroxylation is 1. The van der Waals surface area contributed by atoms with Crippen LogP contribution in [0.5, 0.6) is 0 Å². The fraction of sp³-hybridized carbons (Fsp3) is 0.588. The van der Waals surface area contributed by atoms with Gasteiger partial charge in [-0.2, -0.15) is 0 Å². The lowest BCUT2D eigenvalue weighted by Gasteiger charge is -2.42. The topological polar surface area (TPSA) is 58.4 Å². The molecular weight excluding hydrogens is 262 g/mol. The molecule has 1 aromatic rings. The summed E-state index contributed by atoms with van der Waals surface area (Å²) in [6.45, 7) is 8.48. The molecule has 21 heavy (non-hydrogen) atoms. The van der Waals surface area contributed by atoms with Crippen molar-refractivity contribution in [1.29, 1.82) is 0 Å². The molecular formula is C17H27N3O. The first-order valence-corrected chi connectivity index (χ1v) is 7.92. The molecule has 1 amide bonds. The van der Waals surface area contributed by atoms with E-state index < -0.39 is 0 Å². The molecule has 4 nitrogen and oxygen atoms in total. The van der Waals surface area contributed by atoms with E-state index in [4.69, 9.17) is 5.73 Å². The van der Waals surface area contributed by atoms with Crippen molar-refractivity contribution in [2.75, 3.05) is 16.0 Å². The third kappa shape index (κ3) is 3.31. The standard InChI is InChI=1S/C17H27N3O/c1-5-17(21)19-15-10-16(11(2)9-14(15)18)20-12(3)7-6-8-13(20)4/h9-10,12-13H,5-8,18H2,1-4H3,(H,19,21)/t12-,13-/m0/s1. The maximum absolute atomic E-state index is 11.7. The number of carbonyl (C=O) groups is 1. The largest absolute Gasteiger partial charge is 0.397 e. The summed E-state index contributed by atoms with van der Waals surface area (Å²) in [5.41, 5.74) is 9.78. The Morgan fingerprint density at radius 2 is 1.95 bits per heavy atom. The summed E-state index contributed by atoms with van der Waals surface area (Å²) in [4.78, 5) is 14.1. The molecule has 1 fully saturated rings. The van der Waals surface area contributed by atoms with Gasteiger partial charge in [-0.25, -0.2) is 0 Å². The Labute approximate surface area is 127 Å². The fourth-order valence-corrected chi connectivity index (χ4v) is 3.24. The molecule has 0 unspecified atom stereocenters. The van der Waals surface area contributed by atoms with Crippen LogP contribution in [0.15, 0.2) is 12.1 Å². The number of nitrogens with one attached hydrogen (secondary N) is 1. The average molecular weight is 289 g/mol. The van der Waals surface area contributed by atoms with Gasteiger partial charge in [0.1, 0.15) is 0 Å². The SMILES string of the molecule is CCC(=O)Nc1cc(N2[C@@H](C)CCC[C@@H]2C)c(C)cc1N. The number of piperidine rings is 1. The predicted octanol–water partition coefficient (Wildman–Crippen LogP) is 3.69. The second-order valence-corrected chi connectivity index (χ2v) is 6.16. The molecule has 1 heterocycles. The zero-order chi connectivity index (χ0) is 15.6. The van der Waals surface area contributed by atoms with Crippen LogP contribution in [0.1, 0.15) is 52.0 Å². The van der Waals surface area contributed by atoms with E-state index in [1.165, 1.54) is 30.5 Å². The summed E-state index contributed by atoms with van der Waals surface area (Å²) in [6, 6.07) is 5.04. The van der Waals surface area contributed by atoms with Gasteiger partial charge in [0.25, 0.3) is 0 Å². The van der Waals surface area contributed by atoms with Gasteiger partial charge in [0.2, 0.25) is 5.91 Å². The second-order valence-electron chi connectivity index (χ2n) is 6.16. The number of hydrogen-bond acceptors (Lipinski definition) is 3. The molecule has 2 atom stereocenters. The second kappa shape index (κ2) is 6.37. The van der Waals surface area contributed by atoms with Crippen molar-refractivity contribution in [2.24, 2.45) is 0 Å². The number of benzene rings is 1. The molecule has 0 radical (unpaired) electrons. The van der Waals surface area contributed by atoms with E-state index >= 15 is 0 Å². The molecule has 3 N–H and O–H groups in total. The molecule has 0 spiro atoms. The number of nitrogen functional groups attached to an aromatic ring is 1. The van der Waals surface area contributed by atoms with E-state index in [0.29, 0.717) is 24.2 Å². The molecule has 0 bridgehead atoms. The van der Waals surface area contributed by atoms with Crippen molar-refractivity contribution < 1.29 is 4.79 Å². The van der Waals surface area contributed by atoms with E-state index in [-0.39, 0.29) is 5.91 Å². The Morgan fingerprint density at radius 1 is 1.33 bits per heavy atom. The van der Waals surface area contributed by atoms with Gasteiger partial charge in [0, 0.05) is 24.2 Å². The number of carbonyl (C=O) groups excluding carboxylic acids is 1. The van der Waals surface area contributed by atoms with E-state index in [2.05, 4.69) is 31.0 Å². The van der Waals surface area contributed by atoms with Crippen molar-refractivity contribution in [3.63, 3.8) is 0 Å². The van der Waals surface area contributed by atoms with Crippen molar-refractivity contribution >= 4 is 23.0 Å². The van der Waals surface area contributed by atoms with Crippen molar-refractivity contribution in [3.8, 4) is 0 Å². The maximum atomic E-state index is 11.7. The van der Waals surface area contributed by atoms with Crippen LogP contribution in [0.3, 0.4) is 0 Å².